The molecule has 1 rings (SSSR count). The predicted molar refractivity (Wildman–Crippen MR) is 59.8 cm³/mol. The Bertz CT molecular complexity index is 338. The number of anilines is 1. The van der Waals surface area contributed by atoms with Crippen molar-refractivity contribution in [2.45, 2.75) is 0 Å². The van der Waals surface area contributed by atoms with Crippen molar-refractivity contribution in [3.05, 3.63) is 5.01 Å². The molecule has 84 valence electrons. The van der Waals surface area contributed by atoms with Crippen molar-refractivity contribution in [2.24, 2.45) is 0 Å². The van der Waals surface area contributed by atoms with Gasteiger partial charge in [-0.25, -0.2) is 0 Å². The fraction of sp³-hybridized carbons (Fsp3) is 0.625. The van der Waals surface area contributed by atoms with E-state index in [1.54, 1.807) is 11.9 Å². The van der Waals surface area contributed by atoms with Gasteiger partial charge in [-0.1, -0.05) is 11.3 Å². The molecule has 0 radical (unpaired) electrons. The van der Waals surface area contributed by atoms with Crippen molar-refractivity contribution in [2.75, 3.05) is 40.0 Å². The van der Waals surface area contributed by atoms with E-state index in [9.17, 15) is 4.79 Å². The molecule has 0 aliphatic heterocycles. The third kappa shape index (κ3) is 3.45. The number of hydrogen-bond acceptors (Lipinski definition) is 6. The number of hydrogen-bond donors (Lipinski definition) is 1. The van der Waals surface area contributed by atoms with E-state index in [-0.39, 0.29) is 5.91 Å². The van der Waals surface area contributed by atoms with Gasteiger partial charge < -0.3 is 15.5 Å². The largest absolute Gasteiger partial charge is 0.374 e. The number of nitrogens with two attached hydrogens (primary N) is 1. The van der Waals surface area contributed by atoms with Crippen molar-refractivity contribution < 1.29 is 4.79 Å². The van der Waals surface area contributed by atoms with Crippen LogP contribution in [-0.4, -0.2) is 60.1 Å². The Balaban J connectivity index is 2.53. The Morgan fingerprint density at radius 3 is 2.47 bits per heavy atom. The molecule has 1 amide bonds. The summed E-state index contributed by atoms with van der Waals surface area (Å²) in [6.07, 6.45) is 0. The molecule has 1 aromatic heterocycles. The summed E-state index contributed by atoms with van der Waals surface area (Å²) in [5, 5.41) is 7.97. The van der Waals surface area contributed by atoms with Gasteiger partial charge >= 0.3 is 0 Å². The summed E-state index contributed by atoms with van der Waals surface area (Å²) in [5.74, 6) is -0.133. The van der Waals surface area contributed by atoms with Crippen molar-refractivity contribution in [1.29, 1.82) is 0 Å². The van der Waals surface area contributed by atoms with Crippen LogP contribution in [-0.2, 0) is 0 Å². The smallest absolute Gasteiger partial charge is 0.284 e. The number of carbonyl (C=O) groups excluding carboxylic acids is 1. The van der Waals surface area contributed by atoms with Gasteiger partial charge in [0.1, 0.15) is 0 Å². The highest BCUT2D eigenvalue weighted by atomic mass is 32.1. The summed E-state index contributed by atoms with van der Waals surface area (Å²) in [4.78, 5) is 15.4. The molecule has 1 heterocycles. The molecule has 0 saturated carbocycles. The second kappa shape index (κ2) is 5.04. The summed E-state index contributed by atoms with van der Waals surface area (Å²) >= 11 is 1.11. The lowest BCUT2D eigenvalue weighted by Gasteiger charge is -2.18. The molecule has 0 saturated heterocycles. The molecule has 0 bridgehead atoms. The second-order valence-corrected chi connectivity index (χ2v) is 4.48. The van der Waals surface area contributed by atoms with Gasteiger partial charge in [-0.2, -0.15) is 0 Å². The molecule has 1 aromatic rings. The molecular formula is C8H15N5OS. The highest BCUT2D eigenvalue weighted by Gasteiger charge is 2.16. The number of amides is 1. The lowest BCUT2D eigenvalue weighted by molar-refractivity contribution is 0.0785. The fourth-order valence-corrected chi connectivity index (χ4v) is 1.54. The third-order valence-electron chi connectivity index (χ3n) is 1.85. The van der Waals surface area contributed by atoms with Crippen LogP contribution >= 0.6 is 11.3 Å². The van der Waals surface area contributed by atoms with Crippen LogP contribution in [0.2, 0.25) is 0 Å². The zero-order valence-electron chi connectivity index (χ0n) is 9.10. The minimum absolute atomic E-state index is 0.133. The number of nitrogens with zero attached hydrogens (tertiary/aromatic N) is 4. The Labute approximate surface area is 92.7 Å². The van der Waals surface area contributed by atoms with Gasteiger partial charge in [-0.05, 0) is 14.1 Å². The van der Waals surface area contributed by atoms with E-state index in [0.29, 0.717) is 16.7 Å². The molecule has 6 nitrogen and oxygen atoms in total. The fourth-order valence-electron chi connectivity index (χ4n) is 0.936. The average Bonchev–Trinajstić information content (AvgIpc) is 2.60. The molecule has 0 aromatic carbocycles. The molecule has 0 aliphatic rings. The SMILES string of the molecule is CN(C)CCN(C)C(=O)c1nnc(N)s1. The number of nitrogen functional groups attached to an aromatic ring is 1. The molecule has 2 N–H and O–H groups in total. The molecule has 0 spiro atoms. The van der Waals surface area contributed by atoms with Crippen molar-refractivity contribution in [3.8, 4) is 0 Å². The maximum atomic E-state index is 11.7. The van der Waals surface area contributed by atoms with E-state index >= 15 is 0 Å². The standard InChI is InChI=1S/C8H15N5OS/c1-12(2)4-5-13(3)7(14)6-10-11-8(9)15-6/h4-5H2,1-3H3,(H2,9,11). The molecule has 0 unspecified atom stereocenters. The van der Waals surface area contributed by atoms with Crippen LogP contribution in [0.1, 0.15) is 9.80 Å². The van der Waals surface area contributed by atoms with Gasteiger partial charge in [-0.3, -0.25) is 4.79 Å². The van der Waals surface area contributed by atoms with E-state index in [4.69, 9.17) is 5.73 Å². The maximum absolute atomic E-state index is 11.7. The van der Waals surface area contributed by atoms with Gasteiger partial charge in [0.15, 0.2) is 0 Å². The van der Waals surface area contributed by atoms with Gasteiger partial charge in [-0.15, -0.1) is 10.2 Å². The van der Waals surface area contributed by atoms with Crippen molar-refractivity contribution in [3.63, 3.8) is 0 Å². The van der Waals surface area contributed by atoms with Crippen molar-refractivity contribution in [1.82, 2.24) is 20.0 Å². The third-order valence-corrected chi connectivity index (χ3v) is 2.59. The Morgan fingerprint density at radius 2 is 2.00 bits per heavy atom. The van der Waals surface area contributed by atoms with E-state index in [1.165, 1.54) is 0 Å². The van der Waals surface area contributed by atoms with Crippen LogP contribution in [0.4, 0.5) is 5.13 Å². The first-order valence-electron chi connectivity index (χ1n) is 4.50. The number of rotatable bonds is 4. The molecule has 0 fully saturated rings. The van der Waals surface area contributed by atoms with Crippen molar-refractivity contribution >= 4 is 22.4 Å². The van der Waals surface area contributed by atoms with E-state index in [1.807, 2.05) is 19.0 Å². The maximum Gasteiger partial charge on any atom is 0.284 e. The summed E-state index contributed by atoms with van der Waals surface area (Å²) in [7, 11) is 5.66. The first-order valence-corrected chi connectivity index (χ1v) is 5.31. The van der Waals surface area contributed by atoms with Crippen LogP contribution in [0.25, 0.3) is 0 Å². The first kappa shape index (κ1) is 11.9. The summed E-state index contributed by atoms with van der Waals surface area (Å²) in [6.45, 7) is 1.47. The van der Waals surface area contributed by atoms with Gasteiger partial charge in [0.05, 0.1) is 0 Å². The highest BCUT2D eigenvalue weighted by molar-refractivity contribution is 7.16. The normalized spacial score (nSPS) is 10.7. The highest BCUT2D eigenvalue weighted by Crippen LogP contribution is 2.12. The lowest BCUT2D eigenvalue weighted by atomic mass is 10.5. The van der Waals surface area contributed by atoms with E-state index in [0.717, 1.165) is 17.9 Å². The minimum atomic E-state index is -0.133. The van der Waals surface area contributed by atoms with Gasteiger partial charge in [0, 0.05) is 20.1 Å². The van der Waals surface area contributed by atoms with E-state index in [2.05, 4.69) is 10.2 Å². The number of carbonyl (C=O) groups is 1. The number of likely N-dealkylation sites (N-methyl/N-ethyl adjacent to an activating group) is 2. The Kier molecular flexibility index (Phi) is 3.98. The summed E-state index contributed by atoms with van der Waals surface area (Å²) < 4.78 is 0. The van der Waals surface area contributed by atoms with Crippen LogP contribution in [0.5, 0.6) is 0 Å². The molecule has 0 aliphatic carbocycles. The molecule has 7 heteroatoms. The van der Waals surface area contributed by atoms with E-state index < -0.39 is 0 Å². The summed E-state index contributed by atoms with van der Waals surface area (Å²) in [5.41, 5.74) is 5.40. The van der Waals surface area contributed by atoms with Crippen LogP contribution in [0.15, 0.2) is 0 Å². The molecule has 15 heavy (non-hydrogen) atoms. The molecule has 0 atom stereocenters. The number of aromatic nitrogens is 2. The van der Waals surface area contributed by atoms with Gasteiger partial charge in [0.2, 0.25) is 10.1 Å². The average molecular weight is 229 g/mol. The topological polar surface area (TPSA) is 75.3 Å². The monoisotopic (exact) mass is 229 g/mol. The second-order valence-electron chi connectivity index (χ2n) is 3.48. The Morgan fingerprint density at radius 1 is 1.33 bits per heavy atom. The minimum Gasteiger partial charge on any atom is -0.374 e. The molecular weight excluding hydrogens is 214 g/mol. The summed E-state index contributed by atoms with van der Waals surface area (Å²) in [6, 6.07) is 0. The zero-order chi connectivity index (χ0) is 11.4. The van der Waals surface area contributed by atoms with Crippen LogP contribution in [0, 0.1) is 0 Å². The first-order chi connectivity index (χ1) is 7.00. The van der Waals surface area contributed by atoms with Crippen LogP contribution < -0.4 is 5.73 Å². The quantitative estimate of drug-likeness (QED) is 0.771. The van der Waals surface area contributed by atoms with Crippen LogP contribution in [0.3, 0.4) is 0 Å². The lowest BCUT2D eigenvalue weighted by Crippen LogP contribution is -2.33. The zero-order valence-corrected chi connectivity index (χ0v) is 9.91. The predicted octanol–water partition coefficient (Wildman–Crippen LogP) is -0.246. The Hall–Kier alpha value is -1.21. The van der Waals surface area contributed by atoms with Gasteiger partial charge in [0.25, 0.3) is 5.91 Å².